The second-order valence-electron chi connectivity index (χ2n) is 16.7. The smallest absolute Gasteiger partial charge is 0.387 e. The Hall–Kier alpha value is -7.49. The molecule has 3 aromatic carbocycles. The molecule has 2 heterocycles. The lowest BCUT2D eigenvalue weighted by Crippen LogP contribution is -2.58. The Labute approximate surface area is 454 Å². The lowest BCUT2D eigenvalue weighted by Gasteiger charge is -2.31. The second-order valence-corrected chi connectivity index (χ2v) is 19.2. The molecule has 0 aliphatic heterocycles. The van der Waals surface area contributed by atoms with Gasteiger partial charge in [-0.2, -0.15) is 4.68 Å². The molecule has 0 aliphatic rings. The Morgan fingerprint density at radius 2 is 1.25 bits per heavy atom. The Morgan fingerprint density at radius 3 is 1.86 bits per heavy atom. The van der Waals surface area contributed by atoms with Gasteiger partial charge in [-0.15, -0.1) is 16.4 Å². The zero-order chi connectivity index (χ0) is 55.1. The number of primary amides is 1. The van der Waals surface area contributed by atoms with Crippen molar-refractivity contribution in [2.75, 3.05) is 84.5 Å². The Kier molecular flexibility index (Phi) is 23.6. The monoisotopic (exact) mass is 1150 g/mol. The van der Waals surface area contributed by atoms with E-state index in [-0.39, 0.29) is 44.2 Å². The van der Waals surface area contributed by atoms with Crippen LogP contribution in [0, 0.1) is 0 Å². The third kappa shape index (κ3) is 18.7. The zero-order valence-corrected chi connectivity index (χ0v) is 44.6. The number of thiophene rings is 1. The number of rotatable bonds is 27. The highest BCUT2D eigenvalue weighted by Gasteiger charge is 2.31. The van der Waals surface area contributed by atoms with Gasteiger partial charge in [0, 0.05) is 52.4 Å². The quantitative estimate of drug-likeness (QED) is 0.0325. The molecule has 0 aliphatic carbocycles. The number of hydrogen-bond acceptors (Lipinski definition) is 15. The molecule has 0 saturated heterocycles. The number of aromatic nitrogens is 2. The van der Waals surface area contributed by atoms with Gasteiger partial charge in [0.15, 0.2) is 0 Å². The maximum absolute atomic E-state index is 14.5. The van der Waals surface area contributed by atoms with Crippen molar-refractivity contribution in [3.63, 3.8) is 0 Å². The maximum atomic E-state index is 14.5. The topological polar surface area (TPSA) is 324 Å². The second kappa shape index (κ2) is 30.2. The number of hydrazine groups is 2. The first kappa shape index (κ1) is 59.4. The Bertz CT molecular complexity index is 2830. The number of unbranched alkanes of at least 4 members (excludes halogenated alkanes) is 2. The summed E-state index contributed by atoms with van der Waals surface area (Å²) in [6, 6.07) is 23.6. The molecule has 0 atom stereocenters. The SMILES string of the molecule is COCCN(CC(=O)N(CCCCN)CC(=O)N(CCCCN)CC(N)=O)C(=O)CN(NC(=O)Nc1ccccc1)C(=O)CN(NC(=O)c1ccc(Cl)cc1)C(=O)Cn1nc(-c2ccc(-c3ccc(Br)cc3)s2)oc1=O. The van der Waals surface area contributed by atoms with E-state index in [9.17, 15) is 43.2 Å². The van der Waals surface area contributed by atoms with Gasteiger partial charge in [-0.05, 0) is 105 Å². The van der Waals surface area contributed by atoms with Crippen LogP contribution in [0.2, 0.25) is 5.02 Å². The number of nitrogens with one attached hydrogen (secondary N) is 3. The van der Waals surface area contributed by atoms with Crippen LogP contribution < -0.4 is 39.1 Å². The molecule has 5 rings (SSSR count). The van der Waals surface area contributed by atoms with Gasteiger partial charge >= 0.3 is 11.8 Å². The van der Waals surface area contributed by atoms with Crippen LogP contribution in [0.5, 0.6) is 0 Å². The van der Waals surface area contributed by atoms with E-state index in [2.05, 4.69) is 37.2 Å². The van der Waals surface area contributed by atoms with E-state index in [4.69, 9.17) is 38.0 Å². The average molecular weight is 1150 g/mol. The molecule has 24 nitrogen and oxygen atoms in total. The molecule has 9 amide bonds. The van der Waals surface area contributed by atoms with Gasteiger partial charge in [0.05, 0.1) is 31.1 Å². The molecule has 0 bridgehead atoms. The van der Waals surface area contributed by atoms with Crippen molar-refractivity contribution >= 4 is 91.9 Å². The van der Waals surface area contributed by atoms with Crippen molar-refractivity contribution in [3.8, 4) is 21.2 Å². The first-order valence-corrected chi connectivity index (χ1v) is 25.7. The third-order valence-corrected chi connectivity index (χ3v) is 12.9. The van der Waals surface area contributed by atoms with Crippen molar-refractivity contribution in [2.45, 2.75) is 32.2 Å². The summed E-state index contributed by atoms with van der Waals surface area (Å²) in [5, 5.41) is 8.21. The van der Waals surface area contributed by atoms with Gasteiger partial charge in [-0.25, -0.2) is 25.0 Å². The van der Waals surface area contributed by atoms with Crippen LogP contribution in [0.1, 0.15) is 36.0 Å². The fourth-order valence-corrected chi connectivity index (χ4v) is 8.38. The molecule has 9 N–H and O–H groups in total. The Balaban J connectivity index is 1.42. The number of ether oxygens (including phenoxy) is 1. The van der Waals surface area contributed by atoms with Gasteiger partial charge in [0.2, 0.25) is 23.6 Å². The number of anilines is 1. The fraction of sp³-hybridized carbons (Fsp3) is 0.347. The van der Waals surface area contributed by atoms with Crippen molar-refractivity contribution in [1.29, 1.82) is 0 Å². The van der Waals surface area contributed by atoms with E-state index in [1.165, 1.54) is 52.5 Å². The predicted octanol–water partition coefficient (Wildman–Crippen LogP) is 2.48. The van der Waals surface area contributed by atoms with E-state index in [0.717, 1.165) is 19.8 Å². The van der Waals surface area contributed by atoms with Crippen LogP contribution in [0.25, 0.3) is 21.2 Å². The molecule has 0 fully saturated rings. The number of hydrogen-bond donors (Lipinski definition) is 6. The van der Waals surface area contributed by atoms with E-state index < -0.39 is 92.4 Å². The van der Waals surface area contributed by atoms with E-state index in [1.54, 1.807) is 36.4 Å². The van der Waals surface area contributed by atoms with Crippen LogP contribution in [0.15, 0.2) is 105 Å². The van der Waals surface area contributed by atoms with Crippen LogP contribution in [0.4, 0.5) is 10.5 Å². The highest BCUT2D eigenvalue weighted by molar-refractivity contribution is 9.10. The first-order chi connectivity index (χ1) is 36.5. The summed E-state index contributed by atoms with van der Waals surface area (Å²) in [5.74, 6) is -7.21. The van der Waals surface area contributed by atoms with Crippen LogP contribution >= 0.6 is 38.9 Å². The summed E-state index contributed by atoms with van der Waals surface area (Å²) < 4.78 is 12.2. The molecule has 27 heteroatoms. The third-order valence-electron chi connectivity index (χ3n) is 11.0. The molecule has 0 radical (unpaired) electrons. The van der Waals surface area contributed by atoms with Crippen molar-refractivity contribution in [2.24, 2.45) is 17.2 Å². The highest BCUT2D eigenvalue weighted by atomic mass is 79.9. The van der Waals surface area contributed by atoms with Crippen LogP contribution in [0.3, 0.4) is 0 Å². The predicted molar refractivity (Wildman–Crippen MR) is 286 cm³/mol. The molecule has 2 aromatic heterocycles. The normalized spacial score (nSPS) is 10.8. The number of benzene rings is 3. The molecule has 406 valence electrons. The van der Waals surface area contributed by atoms with Gasteiger partial charge in [0.25, 0.3) is 23.6 Å². The molecule has 76 heavy (non-hydrogen) atoms. The summed E-state index contributed by atoms with van der Waals surface area (Å²) in [7, 11) is 1.35. The van der Waals surface area contributed by atoms with Crippen LogP contribution in [-0.2, 0) is 40.0 Å². The van der Waals surface area contributed by atoms with Gasteiger partial charge in [0.1, 0.15) is 19.6 Å². The van der Waals surface area contributed by atoms with E-state index in [0.29, 0.717) is 62.5 Å². The number of halogens is 2. The summed E-state index contributed by atoms with van der Waals surface area (Å²) in [4.78, 5) is 128. The van der Waals surface area contributed by atoms with E-state index >= 15 is 0 Å². The standard InChI is InChI=1S/C49H59BrClN13O11S/c1-74-26-25-61(29-42(67)60(24-8-6-22-53)28-41(66)59(27-40(54)65)23-7-5-21-52)43(68)30-63(58-48(72)55-37-9-3-2-4-10-37)44(69)31-62(56-46(71)34-13-17-36(51)18-14-34)45(70)32-64-49(73)75-47(57-64)39-20-19-38(76-39)33-11-15-35(50)16-12-33/h2-4,9-20H,5-8,21-32,52-53H2,1H3,(H2,54,65)(H,56,71)(H2,55,58,72). The largest absolute Gasteiger partial charge is 0.437 e. The number of urea groups is 1. The lowest BCUT2D eigenvalue weighted by molar-refractivity contribution is -0.149. The summed E-state index contributed by atoms with van der Waals surface area (Å²) in [6.45, 7) is -3.91. The minimum atomic E-state index is -1.15. The van der Waals surface area contributed by atoms with Crippen molar-refractivity contribution < 1.29 is 47.5 Å². The molecule has 0 unspecified atom stereocenters. The number of amides is 9. The summed E-state index contributed by atoms with van der Waals surface area (Å²) >= 11 is 10.7. The number of methoxy groups -OCH3 is 1. The molecular weight excluding hydrogens is 1090 g/mol. The van der Waals surface area contributed by atoms with Gasteiger partial charge in [-0.1, -0.05) is 57.9 Å². The average Bonchev–Trinajstić information content (AvgIpc) is 4.04. The molecule has 0 saturated carbocycles. The molecule has 5 aromatic rings. The summed E-state index contributed by atoms with van der Waals surface area (Å²) in [5.41, 5.74) is 22.7. The summed E-state index contributed by atoms with van der Waals surface area (Å²) in [6.07, 6.45) is 1.90. The minimum absolute atomic E-state index is 0.00612. The lowest BCUT2D eigenvalue weighted by atomic mass is 10.2. The number of nitrogens with zero attached hydrogens (tertiary/aromatic N) is 7. The first-order valence-electron chi connectivity index (χ1n) is 23.7. The van der Waals surface area contributed by atoms with Crippen molar-refractivity contribution in [1.82, 2.24) is 45.3 Å². The minimum Gasteiger partial charge on any atom is -0.387 e. The fourth-order valence-electron chi connectivity index (χ4n) is 7.05. The van der Waals surface area contributed by atoms with Crippen LogP contribution in [-0.4, -0.2) is 161 Å². The van der Waals surface area contributed by atoms with Crippen molar-refractivity contribution in [3.05, 3.63) is 117 Å². The highest BCUT2D eigenvalue weighted by Crippen LogP contribution is 2.33. The number of para-hydroxylation sites is 1. The van der Waals surface area contributed by atoms with Gasteiger partial charge < -0.3 is 46.4 Å². The molecular formula is C49H59BrClN13O11S. The number of nitrogens with two attached hydrogens (primary N) is 3. The molecule has 0 spiro atoms. The Morgan fingerprint density at radius 1 is 0.684 bits per heavy atom. The van der Waals surface area contributed by atoms with E-state index in [1.807, 2.05) is 30.3 Å². The number of carbonyl (C=O) groups excluding carboxylic acids is 8. The van der Waals surface area contributed by atoms with Gasteiger partial charge in [-0.3, -0.25) is 39.0 Å². The maximum Gasteiger partial charge on any atom is 0.437 e. The number of carbonyl (C=O) groups is 8. The zero-order valence-electron chi connectivity index (χ0n) is 41.5.